The summed E-state index contributed by atoms with van der Waals surface area (Å²) in [6.45, 7) is 5.77. The van der Waals surface area contributed by atoms with Gasteiger partial charge in [-0.25, -0.2) is 0 Å². The molecule has 0 spiro atoms. The van der Waals surface area contributed by atoms with Crippen LogP contribution in [-0.2, 0) is 16.1 Å². The van der Waals surface area contributed by atoms with E-state index in [2.05, 4.69) is 0 Å². The fraction of sp³-hybridized carbons (Fsp3) is 0.259. The highest BCUT2D eigenvalue weighted by atomic mass is 16.5. The van der Waals surface area contributed by atoms with Gasteiger partial charge in [0, 0.05) is 12.1 Å². The zero-order valence-corrected chi connectivity index (χ0v) is 19.6. The van der Waals surface area contributed by atoms with E-state index in [1.807, 2.05) is 26.0 Å². The standard InChI is InChI=1S/C27H27NO6/c1-16(2)33-20-11-9-19(10-12-20)25(29)23-24(22-13-8-17(3)34-22)28(27(31)26(23)30)15-18-6-5-7-21(14-18)32-4/h5-14,16,24,29H,15H2,1-4H3/b25-23-. The van der Waals surface area contributed by atoms with Gasteiger partial charge in [0.1, 0.15) is 34.8 Å². The number of methoxy groups -OCH3 is 1. The van der Waals surface area contributed by atoms with E-state index in [-0.39, 0.29) is 24.0 Å². The number of aliphatic hydroxyl groups is 1. The molecule has 2 aromatic carbocycles. The molecule has 4 rings (SSSR count). The molecule has 3 aromatic rings. The minimum atomic E-state index is -0.869. The molecule has 0 radical (unpaired) electrons. The van der Waals surface area contributed by atoms with E-state index in [0.29, 0.717) is 28.6 Å². The number of carbonyl (C=O) groups is 2. The number of furan rings is 1. The maximum Gasteiger partial charge on any atom is 0.296 e. The van der Waals surface area contributed by atoms with Gasteiger partial charge in [-0.3, -0.25) is 9.59 Å². The molecule has 1 saturated heterocycles. The largest absolute Gasteiger partial charge is 0.507 e. The quantitative estimate of drug-likeness (QED) is 0.302. The van der Waals surface area contributed by atoms with E-state index in [1.165, 1.54) is 4.90 Å². The van der Waals surface area contributed by atoms with Crippen LogP contribution in [0.3, 0.4) is 0 Å². The summed E-state index contributed by atoms with van der Waals surface area (Å²) in [5.41, 5.74) is 1.17. The molecule has 1 fully saturated rings. The van der Waals surface area contributed by atoms with Crippen molar-refractivity contribution in [1.29, 1.82) is 0 Å². The van der Waals surface area contributed by atoms with Crippen LogP contribution in [0.1, 0.15) is 42.5 Å². The Kier molecular flexibility index (Phi) is 6.45. The Labute approximate surface area is 198 Å². The van der Waals surface area contributed by atoms with Crippen LogP contribution in [0.15, 0.2) is 70.7 Å². The van der Waals surface area contributed by atoms with Gasteiger partial charge in [0.2, 0.25) is 0 Å². The van der Waals surface area contributed by atoms with E-state index in [4.69, 9.17) is 13.9 Å². The fourth-order valence-corrected chi connectivity index (χ4v) is 4.03. The van der Waals surface area contributed by atoms with Crippen molar-refractivity contribution in [2.24, 2.45) is 0 Å². The lowest BCUT2D eigenvalue weighted by atomic mass is 9.99. The molecule has 176 valence electrons. The molecule has 0 bridgehead atoms. The summed E-state index contributed by atoms with van der Waals surface area (Å²) in [6, 6.07) is 16.6. The first-order valence-electron chi connectivity index (χ1n) is 11.0. The zero-order chi connectivity index (χ0) is 24.4. The highest BCUT2D eigenvalue weighted by Gasteiger charge is 2.47. The van der Waals surface area contributed by atoms with Gasteiger partial charge < -0.3 is 23.9 Å². The second kappa shape index (κ2) is 9.47. The number of hydrogen-bond donors (Lipinski definition) is 1. The molecular formula is C27H27NO6. The lowest BCUT2D eigenvalue weighted by molar-refractivity contribution is -0.140. The number of nitrogens with zero attached hydrogens (tertiary/aromatic N) is 1. The van der Waals surface area contributed by atoms with Gasteiger partial charge in [-0.2, -0.15) is 0 Å². The summed E-state index contributed by atoms with van der Waals surface area (Å²) in [7, 11) is 1.56. The summed E-state index contributed by atoms with van der Waals surface area (Å²) in [4.78, 5) is 27.7. The third-order valence-corrected chi connectivity index (χ3v) is 5.56. The van der Waals surface area contributed by atoms with Gasteiger partial charge in [-0.05, 0) is 74.9 Å². The lowest BCUT2D eigenvalue weighted by Crippen LogP contribution is -2.29. The molecule has 0 aliphatic carbocycles. The van der Waals surface area contributed by atoms with Crippen LogP contribution in [0.2, 0.25) is 0 Å². The first-order chi connectivity index (χ1) is 16.3. The number of Topliss-reactive ketones (excluding diaryl/α,β-unsaturated/α-hetero) is 1. The van der Waals surface area contributed by atoms with Crippen molar-refractivity contribution in [3.8, 4) is 11.5 Å². The fourth-order valence-electron chi connectivity index (χ4n) is 4.03. The smallest absolute Gasteiger partial charge is 0.296 e. The Morgan fingerprint density at radius 2 is 1.79 bits per heavy atom. The summed E-state index contributed by atoms with van der Waals surface area (Å²) in [5, 5.41) is 11.2. The van der Waals surface area contributed by atoms with Gasteiger partial charge in [-0.15, -0.1) is 0 Å². The minimum absolute atomic E-state index is 0.00331. The maximum atomic E-state index is 13.1. The summed E-state index contributed by atoms with van der Waals surface area (Å²) in [5.74, 6) is 0.594. The Hall–Kier alpha value is -4.00. The average molecular weight is 462 g/mol. The molecule has 1 N–H and O–H groups in total. The van der Waals surface area contributed by atoms with E-state index >= 15 is 0 Å². The van der Waals surface area contributed by atoms with Crippen molar-refractivity contribution in [3.63, 3.8) is 0 Å². The van der Waals surface area contributed by atoms with Crippen LogP contribution in [0.25, 0.3) is 5.76 Å². The number of hydrogen-bond acceptors (Lipinski definition) is 6. The van der Waals surface area contributed by atoms with Gasteiger partial charge >= 0.3 is 0 Å². The summed E-state index contributed by atoms with van der Waals surface area (Å²) < 4.78 is 16.8. The third-order valence-electron chi connectivity index (χ3n) is 5.56. The number of ether oxygens (including phenoxy) is 2. The van der Waals surface area contributed by atoms with E-state index in [9.17, 15) is 14.7 Å². The Morgan fingerprint density at radius 1 is 1.06 bits per heavy atom. The van der Waals surface area contributed by atoms with E-state index in [1.54, 1.807) is 62.6 Å². The number of ketones is 1. The monoisotopic (exact) mass is 461 g/mol. The molecule has 1 amide bonds. The number of aliphatic hydroxyl groups excluding tert-OH is 1. The molecule has 1 aromatic heterocycles. The Balaban J connectivity index is 1.77. The van der Waals surface area contributed by atoms with E-state index < -0.39 is 17.7 Å². The second-order valence-electron chi connectivity index (χ2n) is 8.42. The number of likely N-dealkylation sites (tertiary alicyclic amines) is 1. The molecular weight excluding hydrogens is 434 g/mol. The number of aryl methyl sites for hydroxylation is 1. The molecule has 7 heteroatoms. The molecule has 1 aliphatic heterocycles. The van der Waals surface area contributed by atoms with Crippen molar-refractivity contribution in [1.82, 2.24) is 4.90 Å². The van der Waals surface area contributed by atoms with Crippen molar-refractivity contribution < 1.29 is 28.6 Å². The topological polar surface area (TPSA) is 89.2 Å². The second-order valence-corrected chi connectivity index (χ2v) is 8.42. The first-order valence-corrected chi connectivity index (χ1v) is 11.0. The van der Waals surface area contributed by atoms with Gasteiger partial charge in [0.25, 0.3) is 11.7 Å². The van der Waals surface area contributed by atoms with Crippen LogP contribution in [0.5, 0.6) is 11.5 Å². The first kappa shape index (κ1) is 23.2. The van der Waals surface area contributed by atoms with Crippen LogP contribution in [0, 0.1) is 6.92 Å². The van der Waals surface area contributed by atoms with Crippen LogP contribution in [0.4, 0.5) is 0 Å². The minimum Gasteiger partial charge on any atom is -0.507 e. The molecule has 2 heterocycles. The van der Waals surface area contributed by atoms with Crippen molar-refractivity contribution in [3.05, 3.63) is 88.9 Å². The molecule has 0 saturated carbocycles. The predicted octanol–water partition coefficient (Wildman–Crippen LogP) is 5.01. The van der Waals surface area contributed by atoms with Crippen LogP contribution >= 0.6 is 0 Å². The molecule has 7 nitrogen and oxygen atoms in total. The molecule has 1 unspecified atom stereocenters. The Morgan fingerprint density at radius 3 is 2.41 bits per heavy atom. The lowest BCUT2D eigenvalue weighted by Gasteiger charge is -2.23. The molecule has 34 heavy (non-hydrogen) atoms. The average Bonchev–Trinajstić information content (AvgIpc) is 3.35. The van der Waals surface area contributed by atoms with Crippen molar-refractivity contribution in [2.45, 2.75) is 39.5 Å². The Bertz CT molecular complexity index is 1240. The normalized spacial score (nSPS) is 17.4. The molecule has 1 aliphatic rings. The predicted molar refractivity (Wildman–Crippen MR) is 126 cm³/mol. The third kappa shape index (κ3) is 4.55. The summed E-state index contributed by atoms with van der Waals surface area (Å²) >= 11 is 0. The van der Waals surface area contributed by atoms with Gasteiger partial charge in [-0.1, -0.05) is 12.1 Å². The van der Waals surface area contributed by atoms with Crippen LogP contribution in [-0.4, -0.2) is 34.9 Å². The van der Waals surface area contributed by atoms with Crippen molar-refractivity contribution in [2.75, 3.05) is 7.11 Å². The number of amides is 1. The summed E-state index contributed by atoms with van der Waals surface area (Å²) in [6.07, 6.45) is 0.00331. The highest BCUT2D eigenvalue weighted by molar-refractivity contribution is 6.46. The number of carbonyl (C=O) groups excluding carboxylic acids is 2. The number of benzene rings is 2. The highest BCUT2D eigenvalue weighted by Crippen LogP contribution is 2.41. The van der Waals surface area contributed by atoms with Crippen molar-refractivity contribution >= 4 is 17.4 Å². The molecule has 1 atom stereocenters. The zero-order valence-electron chi connectivity index (χ0n) is 19.6. The number of rotatable bonds is 7. The van der Waals surface area contributed by atoms with Gasteiger partial charge in [0.05, 0.1) is 18.8 Å². The SMILES string of the molecule is COc1cccc(CN2C(=O)C(=O)/C(=C(\O)c3ccc(OC(C)C)cc3)C2c2ccc(C)o2)c1. The van der Waals surface area contributed by atoms with Gasteiger partial charge in [0.15, 0.2) is 0 Å². The van der Waals surface area contributed by atoms with E-state index in [0.717, 1.165) is 5.56 Å². The maximum absolute atomic E-state index is 13.1. The van der Waals surface area contributed by atoms with Crippen LogP contribution < -0.4 is 9.47 Å².